The van der Waals surface area contributed by atoms with Gasteiger partial charge in [0.15, 0.2) is 0 Å². The molecule has 2 rings (SSSR count). The van der Waals surface area contributed by atoms with Gasteiger partial charge in [-0.15, -0.1) is 24.8 Å². The summed E-state index contributed by atoms with van der Waals surface area (Å²) in [7, 11) is 3.84. The van der Waals surface area contributed by atoms with E-state index in [2.05, 4.69) is 10.3 Å². The van der Waals surface area contributed by atoms with Crippen molar-refractivity contribution >= 4 is 36.5 Å². The Bertz CT molecular complexity index is 608. The third-order valence-electron chi connectivity index (χ3n) is 3.19. The van der Waals surface area contributed by atoms with Gasteiger partial charge in [-0.05, 0) is 11.6 Å². The zero-order valence-electron chi connectivity index (χ0n) is 13.1. The van der Waals surface area contributed by atoms with Crippen LogP contribution >= 0.6 is 24.8 Å². The van der Waals surface area contributed by atoms with Crippen molar-refractivity contribution in [3.05, 3.63) is 59.8 Å². The largest absolute Gasteiger partial charge is 0.362 e. The predicted molar refractivity (Wildman–Crippen MR) is 98.3 cm³/mol. The van der Waals surface area contributed by atoms with Gasteiger partial charge in [0.25, 0.3) is 0 Å². The maximum Gasteiger partial charge on any atom is 0.241 e. The number of nitrogens with zero attached hydrogens (tertiary/aromatic N) is 2. The lowest BCUT2D eigenvalue weighted by molar-refractivity contribution is -0.122. The zero-order valence-corrected chi connectivity index (χ0v) is 14.7. The Labute approximate surface area is 149 Å². The molecule has 2 aromatic rings. The fraction of sp³-hybridized carbons (Fsp3) is 0.250. The van der Waals surface area contributed by atoms with Crippen molar-refractivity contribution in [3.63, 3.8) is 0 Å². The van der Waals surface area contributed by atoms with Crippen LogP contribution in [-0.2, 0) is 11.3 Å². The van der Waals surface area contributed by atoms with Gasteiger partial charge in [0.2, 0.25) is 5.91 Å². The maximum atomic E-state index is 12.1. The molecule has 0 spiro atoms. The van der Waals surface area contributed by atoms with Gasteiger partial charge in [0.1, 0.15) is 11.9 Å². The smallest absolute Gasteiger partial charge is 0.241 e. The van der Waals surface area contributed by atoms with Crippen LogP contribution in [0.1, 0.15) is 17.2 Å². The highest BCUT2D eigenvalue weighted by Gasteiger charge is 2.15. The van der Waals surface area contributed by atoms with Crippen LogP contribution in [0.3, 0.4) is 0 Å². The van der Waals surface area contributed by atoms with Crippen molar-refractivity contribution in [2.24, 2.45) is 5.73 Å². The molecule has 1 amide bonds. The molecule has 5 nitrogen and oxygen atoms in total. The van der Waals surface area contributed by atoms with Gasteiger partial charge in [-0.2, -0.15) is 0 Å². The van der Waals surface area contributed by atoms with E-state index in [1.165, 1.54) is 0 Å². The van der Waals surface area contributed by atoms with Crippen LogP contribution in [0.4, 0.5) is 5.82 Å². The summed E-state index contributed by atoms with van der Waals surface area (Å²) in [5, 5.41) is 2.86. The number of rotatable bonds is 5. The molecule has 0 saturated heterocycles. The SMILES string of the molecule is CN(C)c1ncccc1CNC(=O)C(N)c1ccccc1.Cl.Cl. The van der Waals surface area contributed by atoms with Gasteiger partial charge in [-0.1, -0.05) is 36.4 Å². The van der Waals surface area contributed by atoms with Crippen molar-refractivity contribution in [2.75, 3.05) is 19.0 Å². The number of halogens is 2. The average Bonchev–Trinajstić information content (AvgIpc) is 2.52. The van der Waals surface area contributed by atoms with E-state index in [1.807, 2.05) is 61.5 Å². The van der Waals surface area contributed by atoms with Gasteiger partial charge in [0.05, 0.1) is 0 Å². The Hall–Kier alpha value is -1.82. The summed E-state index contributed by atoms with van der Waals surface area (Å²) in [5.74, 6) is 0.640. The molecular formula is C16H22Cl2N4O. The van der Waals surface area contributed by atoms with Crippen LogP contribution in [0.5, 0.6) is 0 Å². The second kappa shape index (κ2) is 10.0. The molecule has 1 aromatic heterocycles. The number of carbonyl (C=O) groups excluding carboxylic acids is 1. The molecular weight excluding hydrogens is 335 g/mol. The molecule has 1 heterocycles. The summed E-state index contributed by atoms with van der Waals surface area (Å²) in [6, 6.07) is 12.5. The monoisotopic (exact) mass is 356 g/mol. The first kappa shape index (κ1) is 21.2. The lowest BCUT2D eigenvalue weighted by Gasteiger charge is -2.17. The normalized spacial score (nSPS) is 10.7. The number of nitrogens with two attached hydrogens (primary N) is 1. The highest BCUT2D eigenvalue weighted by molar-refractivity contribution is 5.85. The third-order valence-corrected chi connectivity index (χ3v) is 3.19. The highest BCUT2D eigenvalue weighted by atomic mass is 35.5. The van der Waals surface area contributed by atoms with Crippen molar-refractivity contribution < 1.29 is 4.79 Å². The van der Waals surface area contributed by atoms with Gasteiger partial charge >= 0.3 is 0 Å². The molecule has 0 fully saturated rings. The highest BCUT2D eigenvalue weighted by Crippen LogP contribution is 2.15. The van der Waals surface area contributed by atoms with E-state index in [9.17, 15) is 4.79 Å². The Morgan fingerprint density at radius 1 is 1.17 bits per heavy atom. The number of anilines is 1. The lowest BCUT2D eigenvalue weighted by atomic mass is 10.1. The molecule has 0 radical (unpaired) electrons. The van der Waals surface area contributed by atoms with Crippen LogP contribution in [0.2, 0.25) is 0 Å². The summed E-state index contributed by atoms with van der Waals surface area (Å²) in [4.78, 5) is 18.3. The van der Waals surface area contributed by atoms with Crippen molar-refractivity contribution in [2.45, 2.75) is 12.6 Å². The van der Waals surface area contributed by atoms with Crippen LogP contribution in [-0.4, -0.2) is 25.0 Å². The summed E-state index contributed by atoms with van der Waals surface area (Å²) in [6.45, 7) is 0.403. The van der Waals surface area contributed by atoms with E-state index in [1.54, 1.807) is 6.20 Å². The molecule has 126 valence electrons. The molecule has 1 unspecified atom stereocenters. The number of benzene rings is 1. The topological polar surface area (TPSA) is 71.2 Å². The number of aromatic nitrogens is 1. The predicted octanol–water partition coefficient (Wildman–Crippen LogP) is 2.31. The summed E-state index contributed by atoms with van der Waals surface area (Å²) in [6.07, 6.45) is 1.73. The Morgan fingerprint density at radius 2 is 1.83 bits per heavy atom. The van der Waals surface area contributed by atoms with E-state index < -0.39 is 6.04 Å². The molecule has 0 saturated carbocycles. The lowest BCUT2D eigenvalue weighted by Crippen LogP contribution is -2.34. The van der Waals surface area contributed by atoms with Crippen molar-refractivity contribution in [1.82, 2.24) is 10.3 Å². The molecule has 1 atom stereocenters. The average molecular weight is 357 g/mol. The number of hydrogen-bond acceptors (Lipinski definition) is 4. The van der Waals surface area contributed by atoms with E-state index >= 15 is 0 Å². The molecule has 0 bridgehead atoms. The summed E-state index contributed by atoms with van der Waals surface area (Å²) in [5.41, 5.74) is 7.72. The Balaban J connectivity index is 0.00000242. The van der Waals surface area contributed by atoms with E-state index in [4.69, 9.17) is 5.73 Å². The van der Waals surface area contributed by atoms with E-state index in [-0.39, 0.29) is 30.7 Å². The second-order valence-corrected chi connectivity index (χ2v) is 4.99. The zero-order chi connectivity index (χ0) is 15.2. The fourth-order valence-corrected chi connectivity index (χ4v) is 2.07. The molecule has 0 aliphatic heterocycles. The standard InChI is InChI=1S/C16H20N4O.2ClH/c1-20(2)15-13(9-6-10-18-15)11-19-16(21)14(17)12-7-4-3-5-8-12;;/h3-10,14H,11,17H2,1-2H3,(H,19,21);2*1H. The minimum absolute atomic E-state index is 0. The van der Waals surface area contributed by atoms with Gasteiger partial charge in [-0.25, -0.2) is 4.98 Å². The first-order valence-electron chi connectivity index (χ1n) is 6.79. The van der Waals surface area contributed by atoms with E-state index in [0.717, 1.165) is 16.9 Å². The minimum Gasteiger partial charge on any atom is -0.362 e. The number of pyridine rings is 1. The van der Waals surface area contributed by atoms with Crippen LogP contribution in [0.15, 0.2) is 48.7 Å². The summed E-state index contributed by atoms with van der Waals surface area (Å²) < 4.78 is 0. The number of carbonyl (C=O) groups is 1. The third kappa shape index (κ3) is 5.71. The number of nitrogens with one attached hydrogen (secondary N) is 1. The number of hydrogen-bond donors (Lipinski definition) is 2. The molecule has 23 heavy (non-hydrogen) atoms. The van der Waals surface area contributed by atoms with Crippen LogP contribution in [0.25, 0.3) is 0 Å². The molecule has 0 aliphatic rings. The second-order valence-electron chi connectivity index (χ2n) is 4.99. The molecule has 1 aromatic carbocycles. The quantitative estimate of drug-likeness (QED) is 0.862. The first-order chi connectivity index (χ1) is 10.1. The first-order valence-corrected chi connectivity index (χ1v) is 6.79. The molecule has 7 heteroatoms. The maximum absolute atomic E-state index is 12.1. The minimum atomic E-state index is -0.661. The summed E-state index contributed by atoms with van der Waals surface area (Å²) >= 11 is 0. The van der Waals surface area contributed by atoms with Gasteiger partial charge in [0, 0.05) is 32.4 Å². The molecule has 3 N–H and O–H groups in total. The van der Waals surface area contributed by atoms with Crippen LogP contribution in [0, 0.1) is 0 Å². The van der Waals surface area contributed by atoms with Gasteiger partial charge < -0.3 is 16.0 Å². The number of amides is 1. The Kier molecular flexibility index (Phi) is 9.25. The molecule has 0 aliphatic carbocycles. The van der Waals surface area contributed by atoms with Crippen LogP contribution < -0.4 is 16.0 Å². The van der Waals surface area contributed by atoms with Crippen molar-refractivity contribution in [3.8, 4) is 0 Å². The van der Waals surface area contributed by atoms with Crippen molar-refractivity contribution in [1.29, 1.82) is 0 Å². The fourth-order valence-electron chi connectivity index (χ4n) is 2.07. The van der Waals surface area contributed by atoms with Gasteiger partial charge in [-0.3, -0.25) is 4.79 Å². The Morgan fingerprint density at radius 3 is 2.43 bits per heavy atom. The van der Waals surface area contributed by atoms with E-state index in [0.29, 0.717) is 6.54 Å².